The summed E-state index contributed by atoms with van der Waals surface area (Å²) in [6.45, 7) is 13.3. The molecule has 0 radical (unpaired) electrons. The van der Waals surface area contributed by atoms with Gasteiger partial charge < -0.3 is 9.84 Å². The molecule has 0 aliphatic rings. The predicted molar refractivity (Wildman–Crippen MR) is 96.8 cm³/mol. The lowest BCUT2D eigenvalue weighted by molar-refractivity contribution is -0.101. The minimum atomic E-state index is -0.650. The van der Waals surface area contributed by atoms with E-state index in [1.54, 1.807) is 0 Å². The van der Waals surface area contributed by atoms with Crippen molar-refractivity contribution in [2.75, 3.05) is 6.61 Å². The quantitative estimate of drug-likeness (QED) is 0.387. The average molecular weight is 309 g/mol. The maximum atomic E-state index is 9.91. The van der Waals surface area contributed by atoms with E-state index < -0.39 is 6.29 Å². The second-order valence-electron chi connectivity index (χ2n) is 6.86. The van der Waals surface area contributed by atoms with Crippen LogP contribution in [-0.2, 0) is 4.74 Å². The van der Waals surface area contributed by atoms with Crippen LogP contribution in [0.25, 0.3) is 0 Å². The third-order valence-electron chi connectivity index (χ3n) is 3.63. The molecule has 1 N–H and O–H groups in total. The van der Waals surface area contributed by atoms with Crippen LogP contribution in [0.1, 0.15) is 73.6 Å². The number of ether oxygens (including phenoxy) is 1. The molecule has 0 aromatic carbocycles. The molecule has 0 aliphatic carbocycles. The molecule has 0 aromatic heterocycles. The highest BCUT2D eigenvalue weighted by molar-refractivity contribution is 5.02. The highest BCUT2D eigenvalue weighted by Crippen LogP contribution is 2.15. The summed E-state index contributed by atoms with van der Waals surface area (Å²) in [7, 11) is 0. The van der Waals surface area contributed by atoms with E-state index in [9.17, 15) is 5.11 Å². The SMILES string of the molecule is CC(C)=CCC/C(C)=C/CO[C@H](O)CC(C)CCC=C(C)C. The fourth-order valence-electron chi connectivity index (χ4n) is 2.18. The standard InChI is InChI=1S/C20H36O2/c1-16(2)9-7-11-18(5)13-14-22-20(21)15-19(6)12-8-10-17(3)4/h9-10,13,19-21H,7-8,11-12,14-15H2,1-6H3/b18-13+/t19?,20-/m0/s1. The molecule has 22 heavy (non-hydrogen) atoms. The molecule has 0 rings (SSSR count). The first-order chi connectivity index (χ1) is 10.3. The second kappa shape index (κ2) is 12.7. The molecule has 2 atom stereocenters. The third kappa shape index (κ3) is 14.1. The van der Waals surface area contributed by atoms with Crippen LogP contribution in [0.5, 0.6) is 0 Å². The molecular formula is C20H36O2. The van der Waals surface area contributed by atoms with Crippen molar-refractivity contribution in [3.63, 3.8) is 0 Å². The Morgan fingerprint density at radius 1 is 0.955 bits per heavy atom. The van der Waals surface area contributed by atoms with Crippen molar-refractivity contribution < 1.29 is 9.84 Å². The van der Waals surface area contributed by atoms with E-state index in [-0.39, 0.29) is 0 Å². The number of rotatable bonds is 11. The highest BCUT2D eigenvalue weighted by atomic mass is 16.6. The van der Waals surface area contributed by atoms with Crippen molar-refractivity contribution in [2.45, 2.75) is 79.9 Å². The second-order valence-corrected chi connectivity index (χ2v) is 6.86. The van der Waals surface area contributed by atoms with Gasteiger partial charge in [-0.3, -0.25) is 0 Å². The van der Waals surface area contributed by atoms with Crippen LogP contribution in [0.2, 0.25) is 0 Å². The lowest BCUT2D eigenvalue weighted by atomic mass is 10.0. The molecule has 0 amide bonds. The maximum absolute atomic E-state index is 9.91. The van der Waals surface area contributed by atoms with Crippen LogP contribution in [-0.4, -0.2) is 18.0 Å². The molecule has 0 aliphatic heterocycles. The zero-order valence-corrected chi connectivity index (χ0v) is 15.5. The lowest BCUT2D eigenvalue weighted by Crippen LogP contribution is -2.16. The molecule has 1 unspecified atom stereocenters. The minimum Gasteiger partial charge on any atom is -0.368 e. The fraction of sp³-hybridized carbons (Fsp3) is 0.700. The van der Waals surface area contributed by atoms with Crippen molar-refractivity contribution in [1.82, 2.24) is 0 Å². The van der Waals surface area contributed by atoms with Crippen molar-refractivity contribution in [2.24, 2.45) is 5.92 Å². The summed E-state index contributed by atoms with van der Waals surface area (Å²) < 4.78 is 5.49. The topological polar surface area (TPSA) is 29.5 Å². The van der Waals surface area contributed by atoms with Gasteiger partial charge in [0.05, 0.1) is 6.61 Å². The minimum absolute atomic E-state index is 0.480. The van der Waals surface area contributed by atoms with Gasteiger partial charge in [0.15, 0.2) is 6.29 Å². The largest absolute Gasteiger partial charge is 0.368 e. The summed E-state index contributed by atoms with van der Waals surface area (Å²) in [5, 5.41) is 9.91. The van der Waals surface area contributed by atoms with Crippen LogP contribution < -0.4 is 0 Å². The Balaban J connectivity index is 3.85. The zero-order chi connectivity index (χ0) is 17.0. The van der Waals surface area contributed by atoms with Crippen molar-refractivity contribution in [3.8, 4) is 0 Å². The molecule has 0 heterocycles. The van der Waals surface area contributed by atoms with E-state index in [2.05, 4.69) is 59.8 Å². The average Bonchev–Trinajstić information content (AvgIpc) is 2.37. The van der Waals surface area contributed by atoms with E-state index >= 15 is 0 Å². The number of allylic oxidation sites excluding steroid dienone is 5. The summed E-state index contributed by atoms with van der Waals surface area (Å²) in [6, 6.07) is 0. The van der Waals surface area contributed by atoms with Gasteiger partial charge in [-0.2, -0.15) is 0 Å². The Bertz CT molecular complexity index is 369. The molecule has 0 spiro atoms. The van der Waals surface area contributed by atoms with E-state index in [1.807, 2.05) is 0 Å². The summed E-state index contributed by atoms with van der Waals surface area (Å²) >= 11 is 0. The lowest BCUT2D eigenvalue weighted by Gasteiger charge is -2.16. The molecule has 2 heteroatoms. The maximum Gasteiger partial charge on any atom is 0.155 e. The van der Waals surface area contributed by atoms with Crippen LogP contribution in [0.15, 0.2) is 34.9 Å². The number of aliphatic hydroxyl groups is 1. The van der Waals surface area contributed by atoms with Gasteiger partial charge >= 0.3 is 0 Å². The first-order valence-electron chi connectivity index (χ1n) is 8.53. The summed E-state index contributed by atoms with van der Waals surface area (Å²) in [5.74, 6) is 0.480. The number of aliphatic hydroxyl groups excluding tert-OH is 1. The molecular weight excluding hydrogens is 272 g/mol. The van der Waals surface area contributed by atoms with Crippen LogP contribution in [0, 0.1) is 5.92 Å². The third-order valence-corrected chi connectivity index (χ3v) is 3.63. The van der Waals surface area contributed by atoms with Gasteiger partial charge in [-0.15, -0.1) is 0 Å². The summed E-state index contributed by atoms with van der Waals surface area (Å²) in [6.07, 6.45) is 11.0. The van der Waals surface area contributed by atoms with E-state index in [0.717, 1.165) is 25.7 Å². The Kier molecular flexibility index (Phi) is 12.2. The molecule has 0 aromatic rings. The van der Waals surface area contributed by atoms with Crippen molar-refractivity contribution in [1.29, 1.82) is 0 Å². The molecule has 2 nitrogen and oxygen atoms in total. The van der Waals surface area contributed by atoms with Crippen LogP contribution in [0.3, 0.4) is 0 Å². The summed E-state index contributed by atoms with van der Waals surface area (Å²) in [4.78, 5) is 0. The van der Waals surface area contributed by atoms with Gasteiger partial charge in [0.2, 0.25) is 0 Å². The van der Waals surface area contributed by atoms with Crippen molar-refractivity contribution in [3.05, 3.63) is 34.9 Å². The normalized spacial score (nSPS) is 14.4. The van der Waals surface area contributed by atoms with Gasteiger partial charge in [0, 0.05) is 6.42 Å². The molecule has 0 fully saturated rings. The fourth-order valence-corrected chi connectivity index (χ4v) is 2.18. The first-order valence-corrected chi connectivity index (χ1v) is 8.53. The Labute approximate surface area is 138 Å². The Hall–Kier alpha value is -0.860. The van der Waals surface area contributed by atoms with E-state index in [4.69, 9.17) is 4.74 Å². The monoisotopic (exact) mass is 308 g/mol. The van der Waals surface area contributed by atoms with Gasteiger partial charge in [0.1, 0.15) is 0 Å². The number of hydrogen-bond donors (Lipinski definition) is 1. The van der Waals surface area contributed by atoms with Gasteiger partial charge in [-0.25, -0.2) is 0 Å². The van der Waals surface area contributed by atoms with Gasteiger partial charge in [-0.05, 0) is 66.2 Å². The molecule has 0 saturated heterocycles. The van der Waals surface area contributed by atoms with Gasteiger partial charge in [-0.1, -0.05) is 41.9 Å². The molecule has 128 valence electrons. The Morgan fingerprint density at radius 3 is 2.14 bits per heavy atom. The first kappa shape index (κ1) is 21.1. The Morgan fingerprint density at radius 2 is 1.55 bits per heavy atom. The molecule has 0 bridgehead atoms. The van der Waals surface area contributed by atoms with Crippen molar-refractivity contribution >= 4 is 0 Å². The van der Waals surface area contributed by atoms with Crippen LogP contribution >= 0.6 is 0 Å². The predicted octanol–water partition coefficient (Wildman–Crippen LogP) is 5.79. The van der Waals surface area contributed by atoms with Gasteiger partial charge in [0.25, 0.3) is 0 Å². The van der Waals surface area contributed by atoms with Crippen LogP contribution in [0.4, 0.5) is 0 Å². The zero-order valence-electron chi connectivity index (χ0n) is 15.5. The van der Waals surface area contributed by atoms with E-state index in [0.29, 0.717) is 18.9 Å². The number of hydrogen-bond acceptors (Lipinski definition) is 2. The smallest absolute Gasteiger partial charge is 0.155 e. The summed E-state index contributed by atoms with van der Waals surface area (Å²) in [5.41, 5.74) is 4.04. The van der Waals surface area contributed by atoms with E-state index in [1.165, 1.54) is 16.7 Å². The molecule has 0 saturated carbocycles. The highest BCUT2D eigenvalue weighted by Gasteiger charge is 2.09.